The maximum absolute atomic E-state index is 11.1. The second kappa shape index (κ2) is 6.11. The zero-order chi connectivity index (χ0) is 15.6. The van der Waals surface area contributed by atoms with Gasteiger partial charge in [-0.25, -0.2) is 4.79 Å². The Hall–Kier alpha value is -2.11. The van der Waals surface area contributed by atoms with Crippen molar-refractivity contribution in [2.45, 2.75) is 39.2 Å². The first kappa shape index (κ1) is 15.3. The maximum atomic E-state index is 11.1. The number of benzene rings is 1. The standard InChI is InChI=1S/C15H20N2O4/c1-9-4-3-5-12(10(9)2)16-13-8-11(15(18)19)6-7-14(13)17(20)21/h6-10,12,16H,3-5H2,1-2H3,(H,18,19). The van der Waals surface area contributed by atoms with Gasteiger partial charge in [-0.2, -0.15) is 0 Å². The van der Waals surface area contributed by atoms with Crippen molar-refractivity contribution < 1.29 is 14.8 Å². The third-order valence-electron chi connectivity index (χ3n) is 4.49. The van der Waals surface area contributed by atoms with Crippen molar-refractivity contribution in [2.75, 3.05) is 5.32 Å². The van der Waals surface area contributed by atoms with Gasteiger partial charge in [-0.05, 0) is 30.4 Å². The second-order valence-corrected chi connectivity index (χ2v) is 5.81. The summed E-state index contributed by atoms with van der Waals surface area (Å²) < 4.78 is 0. The molecule has 0 spiro atoms. The molecular weight excluding hydrogens is 272 g/mol. The van der Waals surface area contributed by atoms with Crippen LogP contribution >= 0.6 is 0 Å². The summed E-state index contributed by atoms with van der Waals surface area (Å²) in [5.41, 5.74) is 0.274. The van der Waals surface area contributed by atoms with E-state index < -0.39 is 10.9 Å². The Morgan fingerprint density at radius 3 is 2.71 bits per heavy atom. The lowest BCUT2D eigenvalue weighted by atomic mass is 9.78. The highest BCUT2D eigenvalue weighted by Crippen LogP contribution is 2.34. The number of nitro groups is 1. The molecule has 1 aliphatic rings. The third kappa shape index (κ3) is 3.32. The van der Waals surface area contributed by atoms with E-state index in [1.807, 2.05) is 0 Å². The molecule has 0 aliphatic heterocycles. The largest absolute Gasteiger partial charge is 0.478 e. The average molecular weight is 292 g/mol. The van der Waals surface area contributed by atoms with Crippen LogP contribution in [0.15, 0.2) is 18.2 Å². The fourth-order valence-electron chi connectivity index (χ4n) is 2.93. The summed E-state index contributed by atoms with van der Waals surface area (Å²) in [6.07, 6.45) is 3.19. The summed E-state index contributed by atoms with van der Waals surface area (Å²) in [6, 6.07) is 4.00. The van der Waals surface area contributed by atoms with Gasteiger partial charge in [-0.1, -0.05) is 26.7 Å². The molecular formula is C15H20N2O4. The quantitative estimate of drug-likeness (QED) is 0.654. The van der Waals surface area contributed by atoms with E-state index in [9.17, 15) is 14.9 Å². The molecule has 1 fully saturated rings. The van der Waals surface area contributed by atoms with Crippen LogP contribution in [0.3, 0.4) is 0 Å². The van der Waals surface area contributed by atoms with Crippen LogP contribution in [0, 0.1) is 22.0 Å². The van der Waals surface area contributed by atoms with Gasteiger partial charge in [0.15, 0.2) is 0 Å². The number of carboxylic acids is 1. The van der Waals surface area contributed by atoms with Crippen molar-refractivity contribution in [3.63, 3.8) is 0 Å². The maximum Gasteiger partial charge on any atom is 0.335 e. The van der Waals surface area contributed by atoms with Crippen LogP contribution in [0.2, 0.25) is 0 Å². The summed E-state index contributed by atoms with van der Waals surface area (Å²) in [4.78, 5) is 21.7. The van der Waals surface area contributed by atoms with Gasteiger partial charge >= 0.3 is 5.97 Å². The smallest absolute Gasteiger partial charge is 0.335 e. The molecule has 0 radical (unpaired) electrons. The summed E-state index contributed by atoms with van der Waals surface area (Å²) in [5.74, 6) is -0.136. The highest BCUT2D eigenvalue weighted by molar-refractivity contribution is 5.90. The number of hydrogen-bond acceptors (Lipinski definition) is 4. The fourth-order valence-corrected chi connectivity index (χ4v) is 2.93. The predicted molar refractivity (Wildman–Crippen MR) is 79.6 cm³/mol. The van der Waals surface area contributed by atoms with E-state index in [0.717, 1.165) is 19.3 Å². The van der Waals surface area contributed by atoms with Gasteiger partial charge in [0, 0.05) is 12.1 Å². The number of rotatable bonds is 4. The first-order valence-corrected chi connectivity index (χ1v) is 7.18. The SMILES string of the molecule is CC1CCCC(Nc2cc(C(=O)O)ccc2[N+](=O)[O-])C1C. The van der Waals surface area contributed by atoms with Gasteiger partial charge in [0.2, 0.25) is 0 Å². The molecule has 3 atom stereocenters. The molecule has 3 unspecified atom stereocenters. The van der Waals surface area contributed by atoms with Gasteiger partial charge in [0.25, 0.3) is 5.69 Å². The van der Waals surface area contributed by atoms with Crippen molar-refractivity contribution in [1.29, 1.82) is 0 Å². The molecule has 1 aromatic carbocycles. The normalized spacial score (nSPS) is 25.3. The van der Waals surface area contributed by atoms with E-state index in [-0.39, 0.29) is 17.3 Å². The summed E-state index contributed by atoms with van der Waals surface area (Å²) in [7, 11) is 0. The van der Waals surface area contributed by atoms with Gasteiger partial charge in [-0.15, -0.1) is 0 Å². The molecule has 2 N–H and O–H groups in total. The Morgan fingerprint density at radius 2 is 2.10 bits per heavy atom. The average Bonchev–Trinajstić information content (AvgIpc) is 2.43. The zero-order valence-corrected chi connectivity index (χ0v) is 12.2. The van der Waals surface area contributed by atoms with E-state index in [1.165, 1.54) is 18.2 Å². The molecule has 1 aromatic rings. The minimum atomic E-state index is -1.09. The number of nitrogens with zero attached hydrogens (tertiary/aromatic N) is 1. The Bertz CT molecular complexity index is 559. The number of anilines is 1. The van der Waals surface area contributed by atoms with Crippen molar-refractivity contribution >= 4 is 17.3 Å². The van der Waals surface area contributed by atoms with Crippen molar-refractivity contribution in [2.24, 2.45) is 11.8 Å². The van der Waals surface area contributed by atoms with Crippen molar-refractivity contribution in [1.82, 2.24) is 0 Å². The number of nitro benzene ring substituents is 1. The molecule has 6 nitrogen and oxygen atoms in total. The lowest BCUT2D eigenvalue weighted by molar-refractivity contribution is -0.384. The Balaban J connectivity index is 2.30. The Labute approximate surface area is 123 Å². The van der Waals surface area contributed by atoms with Crippen LogP contribution in [0.25, 0.3) is 0 Å². The van der Waals surface area contributed by atoms with Crippen molar-refractivity contribution in [3.05, 3.63) is 33.9 Å². The molecule has 21 heavy (non-hydrogen) atoms. The number of carboxylic acid groups (broad SMARTS) is 1. The fraction of sp³-hybridized carbons (Fsp3) is 0.533. The summed E-state index contributed by atoms with van der Waals surface area (Å²) >= 11 is 0. The first-order chi connectivity index (χ1) is 9.90. The van der Waals surface area contributed by atoms with Crippen LogP contribution in [0.1, 0.15) is 43.5 Å². The zero-order valence-electron chi connectivity index (χ0n) is 12.2. The molecule has 0 aromatic heterocycles. The highest BCUT2D eigenvalue weighted by atomic mass is 16.6. The predicted octanol–water partition coefficient (Wildman–Crippen LogP) is 3.53. The number of nitrogens with one attached hydrogen (secondary N) is 1. The van der Waals surface area contributed by atoms with E-state index in [1.54, 1.807) is 0 Å². The monoisotopic (exact) mass is 292 g/mol. The lowest BCUT2D eigenvalue weighted by Gasteiger charge is -2.35. The van der Waals surface area contributed by atoms with Gasteiger partial charge in [0.05, 0.1) is 10.5 Å². The summed E-state index contributed by atoms with van der Waals surface area (Å²) in [5, 5.41) is 23.4. The van der Waals surface area contributed by atoms with E-state index in [0.29, 0.717) is 17.5 Å². The van der Waals surface area contributed by atoms with Gasteiger partial charge in [-0.3, -0.25) is 10.1 Å². The van der Waals surface area contributed by atoms with Gasteiger partial charge < -0.3 is 10.4 Å². The molecule has 0 heterocycles. The number of hydrogen-bond donors (Lipinski definition) is 2. The van der Waals surface area contributed by atoms with E-state index in [4.69, 9.17) is 5.11 Å². The van der Waals surface area contributed by atoms with Crippen LogP contribution < -0.4 is 5.32 Å². The molecule has 2 rings (SSSR count). The summed E-state index contributed by atoms with van der Waals surface area (Å²) in [6.45, 7) is 4.31. The first-order valence-electron chi connectivity index (χ1n) is 7.18. The third-order valence-corrected chi connectivity index (χ3v) is 4.49. The van der Waals surface area contributed by atoms with Crippen LogP contribution in [-0.4, -0.2) is 22.0 Å². The molecule has 0 bridgehead atoms. The number of carbonyl (C=O) groups is 1. The van der Waals surface area contributed by atoms with Crippen LogP contribution in [0.4, 0.5) is 11.4 Å². The van der Waals surface area contributed by atoms with E-state index in [2.05, 4.69) is 19.2 Å². The molecule has 114 valence electrons. The molecule has 1 saturated carbocycles. The molecule has 0 amide bonds. The Morgan fingerprint density at radius 1 is 1.38 bits per heavy atom. The second-order valence-electron chi connectivity index (χ2n) is 5.81. The van der Waals surface area contributed by atoms with Crippen LogP contribution in [-0.2, 0) is 0 Å². The topological polar surface area (TPSA) is 92.5 Å². The number of aromatic carboxylic acids is 1. The van der Waals surface area contributed by atoms with E-state index >= 15 is 0 Å². The van der Waals surface area contributed by atoms with Gasteiger partial charge in [0.1, 0.15) is 5.69 Å². The minimum absolute atomic E-state index is 0.0552. The molecule has 0 saturated heterocycles. The van der Waals surface area contributed by atoms with Crippen molar-refractivity contribution in [3.8, 4) is 0 Å². The Kier molecular flexibility index (Phi) is 4.45. The van der Waals surface area contributed by atoms with Crippen LogP contribution in [0.5, 0.6) is 0 Å². The minimum Gasteiger partial charge on any atom is -0.478 e. The molecule has 6 heteroatoms. The molecule has 1 aliphatic carbocycles. The lowest BCUT2D eigenvalue weighted by Crippen LogP contribution is -2.35. The highest BCUT2D eigenvalue weighted by Gasteiger charge is 2.29.